The largest absolute Gasteiger partial charge is 0.395 e. The first kappa shape index (κ1) is 7.77. The van der Waals surface area contributed by atoms with Gasteiger partial charge in [-0.3, -0.25) is 0 Å². The Morgan fingerprint density at radius 3 is 2.58 bits per heavy atom. The highest BCUT2D eigenvalue weighted by Crippen LogP contribution is 2.26. The van der Waals surface area contributed by atoms with Crippen molar-refractivity contribution in [1.29, 1.82) is 0 Å². The molecule has 2 unspecified atom stereocenters. The Kier molecular flexibility index (Phi) is 2.11. The van der Waals surface area contributed by atoms with Crippen LogP contribution in [0, 0.1) is 0 Å². The minimum Gasteiger partial charge on any atom is -0.395 e. The molecule has 0 aromatic heterocycles. The van der Waals surface area contributed by atoms with E-state index >= 15 is 0 Å². The van der Waals surface area contributed by atoms with Crippen molar-refractivity contribution in [2.75, 3.05) is 6.61 Å². The van der Waals surface area contributed by atoms with E-state index in [1.165, 1.54) is 5.56 Å². The van der Waals surface area contributed by atoms with Gasteiger partial charge in [0, 0.05) is 12.1 Å². The van der Waals surface area contributed by atoms with Crippen molar-refractivity contribution in [1.82, 2.24) is 5.32 Å². The van der Waals surface area contributed by atoms with E-state index < -0.39 is 0 Å². The molecule has 2 rings (SSSR count). The van der Waals surface area contributed by atoms with Gasteiger partial charge in [-0.15, -0.1) is 0 Å². The second-order valence-corrected chi connectivity index (χ2v) is 3.25. The second kappa shape index (κ2) is 3.25. The van der Waals surface area contributed by atoms with Gasteiger partial charge in [0.25, 0.3) is 0 Å². The molecule has 1 aliphatic heterocycles. The summed E-state index contributed by atoms with van der Waals surface area (Å²) in [6.07, 6.45) is 1.06. The summed E-state index contributed by atoms with van der Waals surface area (Å²) < 4.78 is 0. The number of hydrogen-bond acceptors (Lipinski definition) is 2. The van der Waals surface area contributed by atoms with Crippen molar-refractivity contribution >= 4 is 0 Å². The number of nitrogens with one attached hydrogen (secondary N) is 1. The second-order valence-electron chi connectivity index (χ2n) is 3.25. The van der Waals surface area contributed by atoms with Crippen LogP contribution in [0.5, 0.6) is 0 Å². The summed E-state index contributed by atoms with van der Waals surface area (Å²) in [4.78, 5) is 0. The van der Waals surface area contributed by atoms with Crippen LogP contribution >= 0.6 is 0 Å². The molecule has 2 heteroatoms. The zero-order valence-electron chi connectivity index (χ0n) is 6.90. The molecule has 2 nitrogen and oxygen atoms in total. The van der Waals surface area contributed by atoms with E-state index in [-0.39, 0.29) is 6.61 Å². The van der Waals surface area contributed by atoms with Crippen LogP contribution in [-0.2, 0) is 0 Å². The van der Waals surface area contributed by atoms with Gasteiger partial charge in [0.15, 0.2) is 0 Å². The van der Waals surface area contributed by atoms with Crippen LogP contribution in [-0.4, -0.2) is 17.8 Å². The van der Waals surface area contributed by atoms with Crippen molar-refractivity contribution in [3.8, 4) is 0 Å². The standard InChI is InChI=1S/C10H13NO/c12-7-9-6-10(11-9)8-4-2-1-3-5-8/h1-5,9-12H,6-7H2. The number of aliphatic hydroxyl groups is 1. The van der Waals surface area contributed by atoms with Crippen molar-refractivity contribution in [3.63, 3.8) is 0 Å². The van der Waals surface area contributed by atoms with Gasteiger partial charge in [-0.05, 0) is 12.0 Å². The monoisotopic (exact) mass is 163 g/mol. The lowest BCUT2D eigenvalue weighted by Gasteiger charge is -2.36. The molecule has 0 bridgehead atoms. The van der Waals surface area contributed by atoms with Crippen LogP contribution in [0.1, 0.15) is 18.0 Å². The van der Waals surface area contributed by atoms with Gasteiger partial charge in [0.1, 0.15) is 0 Å². The number of rotatable bonds is 2. The Hall–Kier alpha value is -0.860. The lowest BCUT2D eigenvalue weighted by Crippen LogP contribution is -2.48. The Morgan fingerprint density at radius 1 is 1.33 bits per heavy atom. The van der Waals surface area contributed by atoms with E-state index in [0.717, 1.165) is 6.42 Å². The lowest BCUT2D eigenvalue weighted by atomic mass is 9.91. The fraction of sp³-hybridized carbons (Fsp3) is 0.400. The van der Waals surface area contributed by atoms with Gasteiger partial charge in [0.05, 0.1) is 6.61 Å². The molecule has 2 N–H and O–H groups in total. The van der Waals surface area contributed by atoms with Gasteiger partial charge in [-0.2, -0.15) is 0 Å². The molecule has 1 aromatic rings. The van der Waals surface area contributed by atoms with Crippen LogP contribution in [0.3, 0.4) is 0 Å². The smallest absolute Gasteiger partial charge is 0.0585 e. The van der Waals surface area contributed by atoms with Crippen molar-refractivity contribution < 1.29 is 5.11 Å². The van der Waals surface area contributed by atoms with Crippen LogP contribution in [0.4, 0.5) is 0 Å². The fourth-order valence-electron chi connectivity index (χ4n) is 1.59. The van der Waals surface area contributed by atoms with Crippen LogP contribution in [0.15, 0.2) is 30.3 Å². The molecule has 0 saturated carbocycles. The van der Waals surface area contributed by atoms with Crippen LogP contribution < -0.4 is 5.32 Å². The van der Waals surface area contributed by atoms with Gasteiger partial charge in [-0.1, -0.05) is 30.3 Å². The van der Waals surface area contributed by atoms with Gasteiger partial charge in [-0.25, -0.2) is 0 Å². The SMILES string of the molecule is OCC1CC(c2ccccc2)N1. The number of aliphatic hydroxyl groups excluding tert-OH is 1. The quantitative estimate of drug-likeness (QED) is 0.683. The Labute approximate surface area is 72.2 Å². The summed E-state index contributed by atoms with van der Waals surface area (Å²) in [5, 5.41) is 12.1. The van der Waals surface area contributed by atoms with E-state index in [4.69, 9.17) is 5.11 Å². The van der Waals surface area contributed by atoms with E-state index in [2.05, 4.69) is 17.4 Å². The lowest BCUT2D eigenvalue weighted by molar-refractivity contribution is 0.159. The summed E-state index contributed by atoms with van der Waals surface area (Å²) in [5.74, 6) is 0. The maximum absolute atomic E-state index is 8.79. The van der Waals surface area contributed by atoms with Crippen LogP contribution in [0.25, 0.3) is 0 Å². The molecule has 0 aliphatic carbocycles. The van der Waals surface area contributed by atoms with Gasteiger partial charge < -0.3 is 10.4 Å². The summed E-state index contributed by atoms with van der Waals surface area (Å²) >= 11 is 0. The maximum Gasteiger partial charge on any atom is 0.0585 e. The highest BCUT2D eigenvalue weighted by Gasteiger charge is 2.27. The molecule has 1 aromatic carbocycles. The molecule has 1 heterocycles. The molecule has 0 spiro atoms. The molecule has 1 fully saturated rings. The number of hydrogen-bond donors (Lipinski definition) is 2. The molecule has 0 amide bonds. The first-order valence-corrected chi connectivity index (χ1v) is 4.32. The fourth-order valence-corrected chi connectivity index (χ4v) is 1.59. The zero-order chi connectivity index (χ0) is 8.39. The number of benzene rings is 1. The third kappa shape index (κ3) is 1.36. The summed E-state index contributed by atoms with van der Waals surface area (Å²) in [7, 11) is 0. The summed E-state index contributed by atoms with van der Waals surface area (Å²) in [6.45, 7) is 0.253. The topological polar surface area (TPSA) is 32.3 Å². The highest BCUT2D eigenvalue weighted by atomic mass is 16.3. The predicted octanol–water partition coefficient (Wildman–Crippen LogP) is 1.08. The molecule has 2 atom stereocenters. The third-order valence-corrected chi connectivity index (χ3v) is 2.38. The van der Waals surface area contributed by atoms with E-state index in [9.17, 15) is 0 Å². The minimum absolute atomic E-state index is 0.253. The Morgan fingerprint density at radius 2 is 2.00 bits per heavy atom. The normalized spacial score (nSPS) is 28.1. The van der Waals surface area contributed by atoms with Crippen molar-refractivity contribution in [2.45, 2.75) is 18.5 Å². The first-order valence-electron chi connectivity index (χ1n) is 4.32. The molecule has 1 aliphatic rings. The van der Waals surface area contributed by atoms with E-state index in [1.54, 1.807) is 0 Å². The summed E-state index contributed by atoms with van der Waals surface area (Å²) in [6, 6.07) is 11.1. The maximum atomic E-state index is 8.79. The minimum atomic E-state index is 0.253. The van der Waals surface area contributed by atoms with E-state index in [1.807, 2.05) is 18.2 Å². The average molecular weight is 163 g/mol. The molecule has 12 heavy (non-hydrogen) atoms. The highest BCUT2D eigenvalue weighted by molar-refractivity contribution is 5.21. The zero-order valence-corrected chi connectivity index (χ0v) is 6.90. The molecule has 0 radical (unpaired) electrons. The predicted molar refractivity (Wildman–Crippen MR) is 47.8 cm³/mol. The summed E-state index contributed by atoms with van der Waals surface area (Å²) in [5.41, 5.74) is 1.32. The molecule has 1 saturated heterocycles. The first-order chi connectivity index (χ1) is 5.90. The van der Waals surface area contributed by atoms with E-state index in [0.29, 0.717) is 12.1 Å². The Balaban J connectivity index is 1.97. The van der Waals surface area contributed by atoms with Gasteiger partial charge in [0.2, 0.25) is 0 Å². The molecular weight excluding hydrogens is 150 g/mol. The van der Waals surface area contributed by atoms with Gasteiger partial charge >= 0.3 is 0 Å². The Bertz CT molecular complexity index is 241. The van der Waals surface area contributed by atoms with Crippen molar-refractivity contribution in [3.05, 3.63) is 35.9 Å². The average Bonchev–Trinajstić information content (AvgIpc) is 2.04. The van der Waals surface area contributed by atoms with Crippen molar-refractivity contribution in [2.24, 2.45) is 0 Å². The molecule has 64 valence electrons. The molecular formula is C10H13NO. The van der Waals surface area contributed by atoms with Crippen LogP contribution in [0.2, 0.25) is 0 Å². The third-order valence-electron chi connectivity index (χ3n) is 2.38.